The molecule has 3 aromatic rings. The first-order valence-electron chi connectivity index (χ1n) is 6.18. The topological polar surface area (TPSA) is 68.5 Å². The van der Waals surface area contributed by atoms with E-state index in [1.807, 2.05) is 0 Å². The van der Waals surface area contributed by atoms with Gasteiger partial charge in [0.15, 0.2) is 17.0 Å². The zero-order valence-corrected chi connectivity index (χ0v) is 11.1. The van der Waals surface area contributed by atoms with Gasteiger partial charge in [0.05, 0.1) is 6.54 Å². The minimum absolute atomic E-state index is 0.268. The maximum Gasteiger partial charge on any atom is 0.184 e. The summed E-state index contributed by atoms with van der Waals surface area (Å²) in [7, 11) is 1.76. The van der Waals surface area contributed by atoms with Crippen LogP contribution in [-0.4, -0.2) is 32.0 Å². The number of hydrogen-bond acceptors (Lipinski definition) is 5. The van der Waals surface area contributed by atoms with Gasteiger partial charge in [0.25, 0.3) is 0 Å². The zero-order valence-electron chi connectivity index (χ0n) is 11.1. The van der Waals surface area contributed by atoms with Gasteiger partial charge in [-0.05, 0) is 13.0 Å². The van der Waals surface area contributed by atoms with Crippen molar-refractivity contribution in [3.63, 3.8) is 0 Å². The van der Waals surface area contributed by atoms with Crippen molar-refractivity contribution in [2.45, 2.75) is 13.5 Å². The molecule has 0 bridgehead atoms. The largest absolute Gasteiger partial charge is 0.371 e. The van der Waals surface area contributed by atoms with E-state index in [-0.39, 0.29) is 12.4 Å². The fourth-order valence-electron chi connectivity index (χ4n) is 2.03. The molecular weight excluding hydrogens is 259 g/mol. The Morgan fingerprint density at radius 1 is 1.25 bits per heavy atom. The van der Waals surface area contributed by atoms with Crippen molar-refractivity contribution >= 4 is 17.0 Å². The molecule has 102 valence electrons. The second kappa shape index (κ2) is 4.84. The standard InChI is InChI=1S/C13H13FN6/c1-8-16-12(15-2)11-13(17-8)20(19-18-11)7-9-5-3-4-6-10(9)14/h3-6H,7H2,1-2H3,(H,15,16,17). The molecule has 0 fully saturated rings. The van der Waals surface area contributed by atoms with E-state index in [0.717, 1.165) is 0 Å². The fraction of sp³-hybridized carbons (Fsp3) is 0.231. The Balaban J connectivity index is 2.09. The molecular formula is C13H13FN6. The molecule has 0 unspecified atom stereocenters. The number of aromatic nitrogens is 5. The molecule has 1 N–H and O–H groups in total. The molecule has 0 radical (unpaired) electrons. The Bertz CT molecular complexity index is 767. The van der Waals surface area contributed by atoms with Crippen LogP contribution >= 0.6 is 0 Å². The minimum atomic E-state index is -0.268. The molecule has 1 aromatic carbocycles. The zero-order chi connectivity index (χ0) is 14.1. The van der Waals surface area contributed by atoms with Gasteiger partial charge in [0.1, 0.15) is 11.6 Å². The summed E-state index contributed by atoms with van der Waals surface area (Å²) in [6, 6.07) is 6.59. The smallest absolute Gasteiger partial charge is 0.184 e. The summed E-state index contributed by atoms with van der Waals surface area (Å²) in [6.07, 6.45) is 0. The summed E-state index contributed by atoms with van der Waals surface area (Å²) < 4.78 is 15.3. The van der Waals surface area contributed by atoms with Crippen LogP contribution in [0.25, 0.3) is 11.2 Å². The number of halogens is 1. The summed E-state index contributed by atoms with van der Waals surface area (Å²) >= 11 is 0. The number of benzene rings is 1. The van der Waals surface area contributed by atoms with Crippen LogP contribution in [0.3, 0.4) is 0 Å². The molecule has 3 rings (SSSR count). The van der Waals surface area contributed by atoms with Crippen LogP contribution in [0.2, 0.25) is 0 Å². The highest BCUT2D eigenvalue weighted by molar-refractivity contribution is 5.82. The van der Waals surface area contributed by atoms with Crippen molar-refractivity contribution in [2.75, 3.05) is 12.4 Å². The van der Waals surface area contributed by atoms with Crippen LogP contribution in [0.4, 0.5) is 10.2 Å². The summed E-state index contributed by atoms with van der Waals surface area (Å²) in [4.78, 5) is 8.58. The lowest BCUT2D eigenvalue weighted by atomic mass is 10.2. The lowest BCUT2D eigenvalue weighted by molar-refractivity contribution is 0.582. The SMILES string of the molecule is CNc1nc(C)nc2c1nnn2Cc1ccccc1F. The van der Waals surface area contributed by atoms with E-state index in [1.54, 1.807) is 36.9 Å². The summed E-state index contributed by atoms with van der Waals surface area (Å²) in [5.41, 5.74) is 1.71. The van der Waals surface area contributed by atoms with E-state index in [2.05, 4.69) is 25.6 Å². The Labute approximate surface area is 114 Å². The van der Waals surface area contributed by atoms with Crippen LogP contribution in [0.1, 0.15) is 11.4 Å². The van der Waals surface area contributed by atoms with Crippen LogP contribution in [0.5, 0.6) is 0 Å². The van der Waals surface area contributed by atoms with E-state index in [1.165, 1.54) is 6.07 Å². The van der Waals surface area contributed by atoms with Crippen molar-refractivity contribution in [3.8, 4) is 0 Å². The number of aryl methyl sites for hydroxylation is 1. The highest BCUT2D eigenvalue weighted by Gasteiger charge is 2.13. The summed E-state index contributed by atoms with van der Waals surface area (Å²) in [5.74, 6) is 0.960. The molecule has 0 spiro atoms. The first kappa shape index (κ1) is 12.5. The number of nitrogens with zero attached hydrogens (tertiary/aromatic N) is 5. The maximum absolute atomic E-state index is 13.7. The molecule has 0 amide bonds. The highest BCUT2D eigenvalue weighted by atomic mass is 19.1. The molecule has 0 aliphatic rings. The van der Waals surface area contributed by atoms with Crippen LogP contribution in [0, 0.1) is 12.7 Å². The summed E-state index contributed by atoms with van der Waals surface area (Å²) in [5, 5.41) is 11.1. The average molecular weight is 272 g/mol. The van der Waals surface area contributed by atoms with Gasteiger partial charge in [-0.3, -0.25) is 0 Å². The summed E-state index contributed by atoms with van der Waals surface area (Å²) in [6.45, 7) is 2.07. The van der Waals surface area contributed by atoms with Gasteiger partial charge in [0.2, 0.25) is 0 Å². The third-order valence-electron chi connectivity index (χ3n) is 2.99. The second-order valence-corrected chi connectivity index (χ2v) is 4.38. The third kappa shape index (κ3) is 2.07. The van der Waals surface area contributed by atoms with Crippen molar-refractivity contribution < 1.29 is 4.39 Å². The molecule has 0 atom stereocenters. The lowest BCUT2D eigenvalue weighted by Gasteiger charge is -2.05. The predicted molar refractivity (Wildman–Crippen MR) is 72.9 cm³/mol. The first-order valence-corrected chi connectivity index (χ1v) is 6.18. The van der Waals surface area contributed by atoms with Crippen molar-refractivity contribution in [2.24, 2.45) is 0 Å². The fourth-order valence-corrected chi connectivity index (χ4v) is 2.03. The second-order valence-electron chi connectivity index (χ2n) is 4.38. The van der Waals surface area contributed by atoms with Gasteiger partial charge in [-0.25, -0.2) is 19.0 Å². The normalized spacial score (nSPS) is 10.9. The Morgan fingerprint density at radius 3 is 2.80 bits per heavy atom. The van der Waals surface area contributed by atoms with Gasteiger partial charge >= 0.3 is 0 Å². The Hall–Kier alpha value is -2.57. The van der Waals surface area contributed by atoms with Gasteiger partial charge in [-0.1, -0.05) is 23.4 Å². The first-order chi connectivity index (χ1) is 9.69. The van der Waals surface area contributed by atoms with E-state index in [9.17, 15) is 4.39 Å². The number of fused-ring (bicyclic) bond motifs is 1. The lowest BCUT2D eigenvalue weighted by Crippen LogP contribution is -2.06. The van der Waals surface area contributed by atoms with Gasteiger partial charge in [0, 0.05) is 12.6 Å². The quantitative estimate of drug-likeness (QED) is 0.786. The van der Waals surface area contributed by atoms with Crippen molar-refractivity contribution in [1.29, 1.82) is 0 Å². The van der Waals surface area contributed by atoms with Gasteiger partial charge in [-0.15, -0.1) is 5.10 Å². The van der Waals surface area contributed by atoms with Gasteiger partial charge < -0.3 is 5.32 Å². The minimum Gasteiger partial charge on any atom is -0.371 e. The van der Waals surface area contributed by atoms with Crippen molar-refractivity contribution in [3.05, 3.63) is 41.5 Å². The maximum atomic E-state index is 13.7. The van der Waals surface area contributed by atoms with Crippen LogP contribution in [0.15, 0.2) is 24.3 Å². The molecule has 0 aliphatic heterocycles. The van der Waals surface area contributed by atoms with Crippen LogP contribution < -0.4 is 5.32 Å². The van der Waals surface area contributed by atoms with Crippen molar-refractivity contribution in [1.82, 2.24) is 25.0 Å². The monoisotopic (exact) mass is 272 g/mol. The molecule has 7 heteroatoms. The average Bonchev–Trinajstić information content (AvgIpc) is 2.83. The molecule has 0 saturated heterocycles. The number of nitrogens with one attached hydrogen (secondary N) is 1. The number of rotatable bonds is 3. The Morgan fingerprint density at radius 2 is 2.05 bits per heavy atom. The van der Waals surface area contributed by atoms with E-state index in [4.69, 9.17) is 0 Å². The number of hydrogen-bond donors (Lipinski definition) is 1. The van der Waals surface area contributed by atoms with E-state index >= 15 is 0 Å². The highest BCUT2D eigenvalue weighted by Crippen LogP contribution is 2.18. The Kier molecular flexibility index (Phi) is 3.02. The molecule has 6 nitrogen and oxygen atoms in total. The number of anilines is 1. The van der Waals surface area contributed by atoms with E-state index in [0.29, 0.717) is 28.4 Å². The third-order valence-corrected chi connectivity index (χ3v) is 2.99. The molecule has 0 saturated carbocycles. The predicted octanol–water partition coefficient (Wildman–Crippen LogP) is 1.76. The van der Waals surface area contributed by atoms with Crippen LogP contribution in [-0.2, 0) is 6.54 Å². The van der Waals surface area contributed by atoms with Gasteiger partial charge in [-0.2, -0.15) is 0 Å². The molecule has 2 heterocycles. The molecule has 2 aromatic heterocycles. The van der Waals surface area contributed by atoms with E-state index < -0.39 is 0 Å². The molecule has 20 heavy (non-hydrogen) atoms. The molecule has 0 aliphatic carbocycles.